The number of carbonyl (C=O) groups excluding carboxylic acids is 2. The van der Waals surface area contributed by atoms with E-state index in [4.69, 9.17) is 4.74 Å². The molecule has 1 saturated heterocycles. The molecule has 0 spiro atoms. The summed E-state index contributed by atoms with van der Waals surface area (Å²) in [7, 11) is 0. The predicted molar refractivity (Wildman–Crippen MR) is 141 cm³/mol. The van der Waals surface area contributed by atoms with Crippen molar-refractivity contribution in [2.45, 2.75) is 31.9 Å². The Morgan fingerprint density at radius 3 is 2.62 bits per heavy atom. The Morgan fingerprint density at radius 2 is 1.87 bits per heavy atom. The molecule has 0 saturated carbocycles. The summed E-state index contributed by atoms with van der Waals surface area (Å²) in [6.07, 6.45) is 2.52. The number of nitrogens with zero attached hydrogens (tertiary/aromatic N) is 4. The molecule has 39 heavy (non-hydrogen) atoms. The van der Waals surface area contributed by atoms with E-state index in [2.05, 4.69) is 21.0 Å². The number of nitro groups is 1. The van der Waals surface area contributed by atoms with Gasteiger partial charge in [0.25, 0.3) is 5.69 Å². The van der Waals surface area contributed by atoms with Crippen molar-refractivity contribution in [3.8, 4) is 0 Å². The van der Waals surface area contributed by atoms with E-state index in [-0.39, 0.29) is 46.6 Å². The van der Waals surface area contributed by atoms with Crippen molar-refractivity contribution in [3.63, 3.8) is 0 Å². The highest BCUT2D eigenvalue weighted by Crippen LogP contribution is 2.28. The second kappa shape index (κ2) is 11.6. The lowest BCUT2D eigenvalue weighted by molar-refractivity contribution is -0.749. The van der Waals surface area contributed by atoms with Gasteiger partial charge < -0.3 is 25.9 Å². The van der Waals surface area contributed by atoms with Crippen LogP contribution >= 0.6 is 0 Å². The lowest BCUT2D eigenvalue weighted by Crippen LogP contribution is -2.41. The fourth-order valence-corrected chi connectivity index (χ4v) is 4.85. The van der Waals surface area contributed by atoms with Gasteiger partial charge in [0.2, 0.25) is 17.3 Å². The molecule has 5 rings (SSSR count). The van der Waals surface area contributed by atoms with Gasteiger partial charge >= 0.3 is 0 Å². The average molecular weight is 536 g/mol. The smallest absolute Gasteiger partial charge is 0.292 e. The number of aromatic nitrogens is 3. The molecule has 0 amide bonds. The molecular weight excluding hydrogens is 506 g/mol. The number of nitrogens with one attached hydrogen (secondary N) is 3. The summed E-state index contributed by atoms with van der Waals surface area (Å²) in [6.45, 7) is 3.17. The minimum atomic E-state index is -0.427. The summed E-state index contributed by atoms with van der Waals surface area (Å²) in [6, 6.07) is 11.3. The van der Waals surface area contributed by atoms with Gasteiger partial charge in [0.05, 0.1) is 17.6 Å². The van der Waals surface area contributed by atoms with E-state index in [0.717, 1.165) is 25.1 Å². The van der Waals surface area contributed by atoms with Crippen molar-refractivity contribution in [2.75, 3.05) is 43.4 Å². The lowest BCUT2D eigenvalue weighted by Gasteiger charge is -2.14. The van der Waals surface area contributed by atoms with Gasteiger partial charge in [0.15, 0.2) is 5.69 Å². The molecule has 2 aliphatic rings. The monoisotopic (exact) mass is 535 g/mol. The van der Waals surface area contributed by atoms with E-state index in [1.54, 1.807) is 36.4 Å². The molecule has 1 aromatic heterocycles. The normalized spacial score (nSPS) is 16.2. The topological polar surface area (TPSA) is 167 Å². The first-order chi connectivity index (χ1) is 18.9. The highest BCUT2D eigenvalue weighted by Gasteiger charge is 2.38. The summed E-state index contributed by atoms with van der Waals surface area (Å²) in [5, 5.41) is 37.2. The number of benzene rings is 2. The average Bonchev–Trinajstić information content (AvgIpc) is 3.58. The minimum absolute atomic E-state index is 0.0117. The van der Waals surface area contributed by atoms with Crippen LogP contribution in [0.25, 0.3) is 0 Å². The molecule has 1 unspecified atom stereocenters. The summed E-state index contributed by atoms with van der Waals surface area (Å²) < 4.78 is 6.79. The molecule has 0 bridgehead atoms. The molecule has 0 radical (unpaired) electrons. The molecule has 2 aromatic carbocycles. The second-order valence-corrected chi connectivity index (χ2v) is 9.41. The first kappa shape index (κ1) is 26.3. The largest absolute Gasteiger partial charge is 0.571 e. The maximum atomic E-state index is 12.9. The van der Waals surface area contributed by atoms with Crippen LogP contribution in [0.3, 0.4) is 0 Å². The SMILES string of the molecule is O=C1c2ccccc2C(=O)c2c1n[n+]([O-])n2CCCNCCNc1ccc([N+](=O)[O-])c(NCC2CCCO2)c1. The zero-order chi connectivity index (χ0) is 27.4. The number of ether oxygens (including phenoxy) is 1. The molecule has 1 atom stereocenters. The number of anilines is 2. The summed E-state index contributed by atoms with van der Waals surface area (Å²) in [4.78, 5) is 37.0. The first-order valence-electron chi connectivity index (χ1n) is 12.9. The van der Waals surface area contributed by atoms with Crippen LogP contribution in [0.2, 0.25) is 0 Å². The molecule has 3 aromatic rings. The van der Waals surface area contributed by atoms with E-state index in [1.165, 1.54) is 10.7 Å². The summed E-state index contributed by atoms with van der Waals surface area (Å²) >= 11 is 0. The van der Waals surface area contributed by atoms with Gasteiger partial charge in [0.1, 0.15) is 5.69 Å². The molecular formula is C26H29N7O6. The zero-order valence-corrected chi connectivity index (χ0v) is 21.2. The van der Waals surface area contributed by atoms with Gasteiger partial charge in [-0.15, -0.1) is 4.68 Å². The zero-order valence-electron chi connectivity index (χ0n) is 21.2. The quantitative estimate of drug-likeness (QED) is 0.0801. The number of carbonyl (C=O) groups is 2. The Morgan fingerprint density at radius 1 is 1.08 bits per heavy atom. The standard InChI is InChI=1S/C26H29N7O6/c34-25-19-6-1-2-7-20(19)26(35)24-23(25)30-33(38)31(24)13-4-10-27-11-12-28-17-8-9-22(32(36)37)21(15-17)29-16-18-5-3-14-39-18/h1-2,6-9,15,18,27-29H,3-5,10-14,16H2. The number of fused-ring (bicyclic) bond motifs is 2. The lowest BCUT2D eigenvalue weighted by atomic mass is 9.90. The van der Waals surface area contributed by atoms with Crippen molar-refractivity contribution in [3.05, 3.63) is 80.3 Å². The first-order valence-corrected chi connectivity index (χ1v) is 12.9. The highest BCUT2D eigenvalue weighted by atomic mass is 16.6. The van der Waals surface area contributed by atoms with Crippen LogP contribution < -0.4 is 20.9 Å². The summed E-state index contributed by atoms with van der Waals surface area (Å²) in [5.74, 6) is -0.809. The van der Waals surface area contributed by atoms with Gasteiger partial charge in [0, 0.05) is 59.2 Å². The van der Waals surface area contributed by atoms with Crippen LogP contribution in [0.15, 0.2) is 42.5 Å². The fraction of sp³-hybridized carbons (Fsp3) is 0.385. The second-order valence-electron chi connectivity index (χ2n) is 9.41. The number of hydrogen-bond donors (Lipinski definition) is 3. The van der Waals surface area contributed by atoms with Crippen LogP contribution in [0.4, 0.5) is 17.1 Å². The van der Waals surface area contributed by atoms with Crippen molar-refractivity contribution in [1.82, 2.24) is 15.1 Å². The van der Waals surface area contributed by atoms with E-state index >= 15 is 0 Å². The van der Waals surface area contributed by atoms with Crippen molar-refractivity contribution in [2.24, 2.45) is 0 Å². The predicted octanol–water partition coefficient (Wildman–Crippen LogP) is 1.88. The molecule has 1 aliphatic heterocycles. The van der Waals surface area contributed by atoms with Crippen molar-refractivity contribution >= 4 is 28.6 Å². The summed E-state index contributed by atoms with van der Waals surface area (Å²) in [5.41, 5.74) is 1.65. The maximum absolute atomic E-state index is 12.9. The van der Waals surface area contributed by atoms with Crippen LogP contribution in [0.1, 0.15) is 51.4 Å². The van der Waals surface area contributed by atoms with Gasteiger partial charge in [-0.2, -0.15) is 0 Å². The minimum Gasteiger partial charge on any atom is -0.571 e. The fourth-order valence-electron chi connectivity index (χ4n) is 4.85. The van der Waals surface area contributed by atoms with E-state index in [1.807, 2.05) is 0 Å². The van der Waals surface area contributed by atoms with Gasteiger partial charge in [-0.25, -0.2) is 0 Å². The maximum Gasteiger partial charge on any atom is 0.292 e. The molecule has 13 nitrogen and oxygen atoms in total. The van der Waals surface area contributed by atoms with Crippen molar-refractivity contribution in [1.29, 1.82) is 0 Å². The van der Waals surface area contributed by atoms with Gasteiger partial charge in [-0.3, -0.25) is 19.7 Å². The Hall–Kier alpha value is -4.36. The Bertz CT molecular complexity index is 1400. The molecule has 3 N–H and O–H groups in total. The number of hydrogen-bond acceptors (Lipinski definition) is 10. The van der Waals surface area contributed by atoms with Crippen LogP contribution in [-0.4, -0.2) is 65.2 Å². The number of ketones is 2. The Balaban J connectivity index is 1.09. The Kier molecular flexibility index (Phi) is 7.79. The van der Waals surface area contributed by atoms with E-state index < -0.39 is 10.7 Å². The third kappa shape index (κ3) is 5.59. The molecule has 1 fully saturated rings. The van der Waals surface area contributed by atoms with Crippen molar-refractivity contribution < 1.29 is 24.2 Å². The third-order valence-electron chi connectivity index (χ3n) is 6.81. The van der Waals surface area contributed by atoms with Crippen LogP contribution in [-0.2, 0) is 11.3 Å². The van der Waals surface area contributed by atoms with E-state index in [0.29, 0.717) is 43.2 Å². The molecule has 13 heteroatoms. The Labute approximate surface area is 223 Å². The van der Waals surface area contributed by atoms with Crippen LogP contribution in [0.5, 0.6) is 0 Å². The highest BCUT2D eigenvalue weighted by molar-refractivity contribution is 6.26. The number of nitro benzene ring substituents is 1. The van der Waals surface area contributed by atoms with E-state index in [9.17, 15) is 24.9 Å². The molecule has 204 valence electrons. The third-order valence-corrected chi connectivity index (χ3v) is 6.81. The number of rotatable bonds is 12. The molecule has 2 heterocycles. The molecule has 1 aliphatic carbocycles. The van der Waals surface area contributed by atoms with Gasteiger partial charge in [-0.05, 0) is 37.9 Å². The van der Waals surface area contributed by atoms with Gasteiger partial charge in [-0.1, -0.05) is 24.3 Å². The van der Waals surface area contributed by atoms with Crippen LogP contribution in [0, 0.1) is 15.3 Å².